The highest BCUT2D eigenvalue weighted by Crippen LogP contribution is 2.65. The first kappa shape index (κ1) is 8.55. The second-order valence-electron chi connectivity index (χ2n) is 4.78. The number of rotatable bonds is 4. The summed E-state index contributed by atoms with van der Waals surface area (Å²) < 4.78 is 0. The highest BCUT2D eigenvalue weighted by molar-refractivity contribution is 5.12. The molecule has 0 spiro atoms. The zero-order valence-electron chi connectivity index (χ0n) is 8.18. The highest BCUT2D eigenvalue weighted by Gasteiger charge is 2.60. The molecule has 3 atom stereocenters. The third kappa shape index (κ3) is 1.19. The molecule has 0 amide bonds. The van der Waals surface area contributed by atoms with Gasteiger partial charge in [0.2, 0.25) is 0 Å². The second kappa shape index (κ2) is 3.02. The van der Waals surface area contributed by atoms with E-state index in [4.69, 9.17) is 5.73 Å². The van der Waals surface area contributed by atoms with Crippen LogP contribution in [0.4, 0.5) is 0 Å². The Balaban J connectivity index is 1.80. The fourth-order valence-electron chi connectivity index (χ4n) is 3.11. The Kier molecular flexibility index (Phi) is 2.16. The molecule has 1 nitrogen and oxygen atoms in total. The van der Waals surface area contributed by atoms with E-state index < -0.39 is 0 Å². The SMILES string of the molecule is CCCCCC12CC1CCC2N. The van der Waals surface area contributed by atoms with E-state index in [1.807, 2.05) is 0 Å². The van der Waals surface area contributed by atoms with Crippen LogP contribution in [0.1, 0.15) is 51.9 Å². The van der Waals surface area contributed by atoms with Gasteiger partial charge in [-0.2, -0.15) is 0 Å². The monoisotopic (exact) mass is 167 g/mol. The zero-order valence-corrected chi connectivity index (χ0v) is 8.18. The summed E-state index contributed by atoms with van der Waals surface area (Å²) in [7, 11) is 0. The molecule has 2 aliphatic rings. The van der Waals surface area contributed by atoms with E-state index in [1.165, 1.54) is 44.9 Å². The molecule has 0 aromatic heterocycles. The Morgan fingerprint density at radius 2 is 2.17 bits per heavy atom. The van der Waals surface area contributed by atoms with Crippen molar-refractivity contribution in [3.63, 3.8) is 0 Å². The maximum Gasteiger partial charge on any atom is 0.00984 e. The van der Waals surface area contributed by atoms with Crippen molar-refractivity contribution in [1.29, 1.82) is 0 Å². The van der Waals surface area contributed by atoms with Crippen molar-refractivity contribution in [2.75, 3.05) is 0 Å². The zero-order chi connectivity index (χ0) is 8.60. The van der Waals surface area contributed by atoms with Gasteiger partial charge >= 0.3 is 0 Å². The van der Waals surface area contributed by atoms with Crippen molar-refractivity contribution in [3.8, 4) is 0 Å². The number of fused-ring (bicyclic) bond motifs is 1. The molecule has 2 rings (SSSR count). The molecule has 2 fully saturated rings. The minimum absolute atomic E-state index is 0.555. The van der Waals surface area contributed by atoms with Gasteiger partial charge < -0.3 is 5.73 Å². The topological polar surface area (TPSA) is 26.0 Å². The van der Waals surface area contributed by atoms with Gasteiger partial charge in [0.1, 0.15) is 0 Å². The average molecular weight is 167 g/mol. The van der Waals surface area contributed by atoms with Crippen molar-refractivity contribution < 1.29 is 0 Å². The van der Waals surface area contributed by atoms with Gasteiger partial charge in [-0.25, -0.2) is 0 Å². The number of nitrogens with two attached hydrogens (primary N) is 1. The summed E-state index contributed by atoms with van der Waals surface area (Å²) in [6.07, 6.45) is 9.77. The van der Waals surface area contributed by atoms with E-state index in [0.29, 0.717) is 11.5 Å². The third-order valence-corrected chi connectivity index (χ3v) is 4.09. The molecular formula is C11H21N. The minimum atomic E-state index is 0.555. The van der Waals surface area contributed by atoms with Crippen molar-refractivity contribution in [2.45, 2.75) is 57.9 Å². The van der Waals surface area contributed by atoms with Gasteiger partial charge in [-0.1, -0.05) is 26.2 Å². The molecule has 0 heterocycles. The molecule has 2 aliphatic carbocycles. The van der Waals surface area contributed by atoms with Crippen LogP contribution in [0.15, 0.2) is 0 Å². The molecule has 0 aromatic rings. The number of hydrogen-bond acceptors (Lipinski definition) is 1. The fraction of sp³-hybridized carbons (Fsp3) is 1.00. The van der Waals surface area contributed by atoms with Gasteiger partial charge in [0, 0.05) is 6.04 Å². The fourth-order valence-corrected chi connectivity index (χ4v) is 3.11. The van der Waals surface area contributed by atoms with E-state index in [2.05, 4.69) is 6.92 Å². The van der Waals surface area contributed by atoms with Gasteiger partial charge in [0.05, 0.1) is 0 Å². The maximum absolute atomic E-state index is 6.14. The van der Waals surface area contributed by atoms with Gasteiger partial charge in [-0.3, -0.25) is 0 Å². The lowest BCUT2D eigenvalue weighted by atomic mass is 9.92. The Morgan fingerprint density at radius 1 is 1.33 bits per heavy atom. The van der Waals surface area contributed by atoms with Crippen LogP contribution in [0.5, 0.6) is 0 Å². The van der Waals surface area contributed by atoms with Gasteiger partial charge in [-0.15, -0.1) is 0 Å². The van der Waals surface area contributed by atoms with Crippen LogP contribution in [0.25, 0.3) is 0 Å². The van der Waals surface area contributed by atoms with E-state index in [-0.39, 0.29) is 0 Å². The van der Waals surface area contributed by atoms with Gasteiger partial charge in [0.15, 0.2) is 0 Å². The molecule has 2 saturated carbocycles. The van der Waals surface area contributed by atoms with Crippen molar-refractivity contribution >= 4 is 0 Å². The Morgan fingerprint density at radius 3 is 2.67 bits per heavy atom. The smallest absolute Gasteiger partial charge is 0.00984 e. The average Bonchev–Trinajstić information content (AvgIpc) is 2.70. The maximum atomic E-state index is 6.14. The summed E-state index contributed by atoms with van der Waals surface area (Å²) in [5.74, 6) is 1.03. The molecule has 0 aromatic carbocycles. The van der Waals surface area contributed by atoms with E-state index >= 15 is 0 Å². The van der Waals surface area contributed by atoms with Crippen LogP contribution < -0.4 is 5.73 Å². The minimum Gasteiger partial charge on any atom is -0.327 e. The Bertz CT molecular complexity index is 166. The lowest BCUT2D eigenvalue weighted by Crippen LogP contribution is -2.28. The summed E-state index contributed by atoms with van der Waals surface area (Å²) in [6.45, 7) is 2.27. The first-order chi connectivity index (χ1) is 5.79. The molecule has 2 N–H and O–H groups in total. The van der Waals surface area contributed by atoms with Crippen LogP contribution in [-0.2, 0) is 0 Å². The predicted molar refractivity (Wildman–Crippen MR) is 51.9 cm³/mol. The van der Waals surface area contributed by atoms with E-state index in [9.17, 15) is 0 Å². The normalized spacial score (nSPS) is 44.5. The summed E-state index contributed by atoms with van der Waals surface area (Å²) >= 11 is 0. The van der Waals surface area contributed by atoms with Crippen LogP contribution in [-0.4, -0.2) is 6.04 Å². The van der Waals surface area contributed by atoms with Crippen LogP contribution in [0.3, 0.4) is 0 Å². The lowest BCUT2D eigenvalue weighted by molar-refractivity contribution is 0.370. The molecule has 1 heteroatoms. The molecule has 3 unspecified atom stereocenters. The molecule has 70 valence electrons. The van der Waals surface area contributed by atoms with E-state index in [0.717, 1.165) is 5.92 Å². The quantitative estimate of drug-likeness (QED) is 0.640. The van der Waals surface area contributed by atoms with Gasteiger partial charge in [0.25, 0.3) is 0 Å². The second-order valence-corrected chi connectivity index (χ2v) is 4.78. The molecule has 0 aliphatic heterocycles. The van der Waals surface area contributed by atoms with Gasteiger partial charge in [-0.05, 0) is 37.0 Å². The molecular weight excluding hydrogens is 146 g/mol. The Labute approximate surface area is 75.7 Å². The summed E-state index contributed by atoms with van der Waals surface area (Å²) in [6, 6.07) is 0.555. The molecule has 0 bridgehead atoms. The summed E-state index contributed by atoms with van der Waals surface area (Å²) in [4.78, 5) is 0. The standard InChI is InChI=1S/C11H21N/c1-2-3-4-7-11-8-9(11)5-6-10(11)12/h9-10H,2-8,12H2,1H3. The summed E-state index contributed by atoms with van der Waals surface area (Å²) in [5, 5.41) is 0. The van der Waals surface area contributed by atoms with Crippen molar-refractivity contribution in [3.05, 3.63) is 0 Å². The number of unbranched alkanes of at least 4 members (excludes halogenated alkanes) is 2. The Hall–Kier alpha value is -0.0400. The van der Waals surface area contributed by atoms with Crippen molar-refractivity contribution in [2.24, 2.45) is 17.1 Å². The van der Waals surface area contributed by atoms with Crippen LogP contribution in [0, 0.1) is 11.3 Å². The highest BCUT2D eigenvalue weighted by atomic mass is 14.8. The molecule has 0 radical (unpaired) electrons. The summed E-state index contributed by atoms with van der Waals surface area (Å²) in [5.41, 5.74) is 6.79. The first-order valence-electron chi connectivity index (χ1n) is 5.55. The third-order valence-electron chi connectivity index (χ3n) is 4.09. The van der Waals surface area contributed by atoms with Crippen LogP contribution in [0.2, 0.25) is 0 Å². The number of hydrogen-bond donors (Lipinski definition) is 1. The largest absolute Gasteiger partial charge is 0.327 e. The molecule has 0 saturated heterocycles. The van der Waals surface area contributed by atoms with Crippen molar-refractivity contribution in [1.82, 2.24) is 0 Å². The molecule has 12 heavy (non-hydrogen) atoms. The lowest BCUT2D eigenvalue weighted by Gasteiger charge is -2.18. The van der Waals surface area contributed by atoms with Crippen LogP contribution >= 0.6 is 0 Å². The first-order valence-corrected chi connectivity index (χ1v) is 5.55. The predicted octanol–water partition coefficient (Wildman–Crippen LogP) is 2.69. The van der Waals surface area contributed by atoms with E-state index in [1.54, 1.807) is 0 Å².